The molecule has 0 aromatic carbocycles. The Balaban J connectivity index is 2.73. The molecule has 22 heavy (non-hydrogen) atoms. The molecule has 1 rings (SSSR count). The molecule has 0 saturated carbocycles. The number of hydrogen-bond acceptors (Lipinski definition) is 5. The Morgan fingerprint density at radius 1 is 1.45 bits per heavy atom. The maximum Gasteiger partial charge on any atom is 0.326 e. The zero-order valence-corrected chi connectivity index (χ0v) is 13.2. The number of rotatable bonds is 8. The largest absolute Gasteiger partial charge is 0.480 e. The summed E-state index contributed by atoms with van der Waals surface area (Å²) in [6, 6.07) is 1.82. The van der Waals surface area contributed by atoms with Gasteiger partial charge in [0, 0.05) is 19.4 Å². The van der Waals surface area contributed by atoms with Crippen LogP contribution in [0.5, 0.6) is 0 Å². The number of nitrogens with zero attached hydrogens (tertiary/aromatic N) is 2. The lowest BCUT2D eigenvalue weighted by Gasteiger charge is -2.18. The molecule has 1 atom stereocenters. The van der Waals surface area contributed by atoms with E-state index in [2.05, 4.69) is 10.3 Å². The van der Waals surface area contributed by atoms with E-state index in [4.69, 9.17) is 5.11 Å². The molecule has 1 aromatic heterocycles. The van der Waals surface area contributed by atoms with Gasteiger partial charge in [-0.1, -0.05) is 13.3 Å². The molecule has 1 amide bonds. The zero-order chi connectivity index (χ0) is 16.8. The second kappa shape index (κ2) is 7.85. The molecule has 1 unspecified atom stereocenters. The molecule has 1 aromatic rings. The van der Waals surface area contributed by atoms with E-state index in [-0.39, 0.29) is 11.3 Å². The third-order valence-electron chi connectivity index (χ3n) is 2.92. The van der Waals surface area contributed by atoms with Crippen LogP contribution in [0, 0.1) is 0 Å². The van der Waals surface area contributed by atoms with Gasteiger partial charge in [0.1, 0.15) is 10.9 Å². The number of aliphatic carboxylic acids is 1. The Labute approximate surface area is 129 Å². The van der Waals surface area contributed by atoms with Crippen molar-refractivity contribution in [1.82, 2.24) is 14.6 Å². The van der Waals surface area contributed by atoms with Gasteiger partial charge in [-0.2, -0.15) is 4.31 Å². The Bertz CT molecular complexity index is 618. The van der Waals surface area contributed by atoms with Crippen molar-refractivity contribution in [2.45, 2.75) is 30.7 Å². The molecule has 0 bridgehead atoms. The van der Waals surface area contributed by atoms with Crippen LogP contribution in [0.4, 0.5) is 0 Å². The summed E-state index contributed by atoms with van der Waals surface area (Å²) in [4.78, 5) is 26.5. The molecular weight excluding hydrogens is 310 g/mol. The van der Waals surface area contributed by atoms with Crippen molar-refractivity contribution >= 4 is 21.9 Å². The SMILES string of the molecule is CCCC(NC(=O)CN(C)S(=O)(=O)c1cccnc1)C(=O)O. The van der Waals surface area contributed by atoms with Gasteiger partial charge in [-0.05, 0) is 18.6 Å². The molecule has 0 aliphatic heterocycles. The summed E-state index contributed by atoms with van der Waals surface area (Å²) in [7, 11) is -2.59. The van der Waals surface area contributed by atoms with Crippen LogP contribution < -0.4 is 5.32 Å². The van der Waals surface area contributed by atoms with Crippen LogP contribution in [0.1, 0.15) is 19.8 Å². The first-order valence-electron chi connectivity index (χ1n) is 6.67. The summed E-state index contributed by atoms with van der Waals surface area (Å²) in [6.45, 7) is 1.33. The Hall–Kier alpha value is -2.00. The molecule has 2 N–H and O–H groups in total. The van der Waals surface area contributed by atoms with Crippen molar-refractivity contribution in [3.05, 3.63) is 24.5 Å². The topological polar surface area (TPSA) is 117 Å². The normalized spacial score (nSPS) is 12.9. The van der Waals surface area contributed by atoms with E-state index < -0.39 is 34.5 Å². The summed E-state index contributed by atoms with van der Waals surface area (Å²) in [5.41, 5.74) is 0. The molecule has 0 spiro atoms. The third kappa shape index (κ3) is 4.78. The highest BCUT2D eigenvalue weighted by molar-refractivity contribution is 7.89. The Morgan fingerprint density at radius 2 is 2.14 bits per heavy atom. The minimum atomic E-state index is -3.84. The van der Waals surface area contributed by atoms with E-state index in [1.165, 1.54) is 31.6 Å². The average Bonchev–Trinajstić information content (AvgIpc) is 2.47. The number of hydrogen-bond donors (Lipinski definition) is 2. The van der Waals surface area contributed by atoms with E-state index in [1.807, 2.05) is 0 Å². The highest BCUT2D eigenvalue weighted by Gasteiger charge is 2.25. The maximum atomic E-state index is 12.2. The van der Waals surface area contributed by atoms with E-state index in [9.17, 15) is 18.0 Å². The molecule has 1 heterocycles. The van der Waals surface area contributed by atoms with Crippen molar-refractivity contribution in [1.29, 1.82) is 0 Å². The number of carbonyl (C=O) groups is 2. The van der Waals surface area contributed by atoms with Gasteiger partial charge in [-0.15, -0.1) is 0 Å². The lowest BCUT2D eigenvalue weighted by atomic mass is 10.2. The van der Waals surface area contributed by atoms with Crippen LogP contribution >= 0.6 is 0 Å². The molecule has 0 aliphatic rings. The quantitative estimate of drug-likeness (QED) is 0.697. The molecule has 0 aliphatic carbocycles. The number of pyridine rings is 1. The fourth-order valence-electron chi connectivity index (χ4n) is 1.75. The summed E-state index contributed by atoms with van der Waals surface area (Å²) in [5.74, 6) is -1.82. The van der Waals surface area contributed by atoms with Crippen LogP contribution in [-0.4, -0.2) is 54.3 Å². The number of likely N-dealkylation sites (N-methyl/N-ethyl adjacent to an activating group) is 1. The Kier molecular flexibility index (Phi) is 6.44. The van der Waals surface area contributed by atoms with Gasteiger partial charge in [0.05, 0.1) is 6.54 Å². The minimum absolute atomic E-state index is 0.0337. The number of nitrogens with one attached hydrogen (secondary N) is 1. The second-order valence-corrected chi connectivity index (χ2v) is 6.74. The highest BCUT2D eigenvalue weighted by atomic mass is 32.2. The van der Waals surface area contributed by atoms with Crippen molar-refractivity contribution in [3.63, 3.8) is 0 Å². The maximum absolute atomic E-state index is 12.2. The number of amides is 1. The molecule has 0 radical (unpaired) electrons. The molecule has 9 heteroatoms. The van der Waals surface area contributed by atoms with E-state index in [1.54, 1.807) is 6.92 Å². The van der Waals surface area contributed by atoms with Gasteiger partial charge in [0.2, 0.25) is 15.9 Å². The van der Waals surface area contributed by atoms with Crippen molar-refractivity contribution in [2.75, 3.05) is 13.6 Å². The van der Waals surface area contributed by atoms with E-state index in [0.29, 0.717) is 6.42 Å². The summed E-state index contributed by atoms with van der Waals surface area (Å²) < 4.78 is 25.3. The average molecular weight is 329 g/mol. The monoisotopic (exact) mass is 329 g/mol. The first-order chi connectivity index (χ1) is 10.3. The molecule has 122 valence electrons. The Morgan fingerprint density at radius 3 is 2.64 bits per heavy atom. The predicted molar refractivity (Wildman–Crippen MR) is 78.5 cm³/mol. The van der Waals surface area contributed by atoms with Crippen molar-refractivity contribution < 1.29 is 23.1 Å². The van der Waals surface area contributed by atoms with Gasteiger partial charge in [-0.25, -0.2) is 13.2 Å². The lowest BCUT2D eigenvalue weighted by Crippen LogP contribution is -2.45. The summed E-state index contributed by atoms with van der Waals surface area (Å²) in [6.07, 6.45) is 3.48. The molecule has 0 fully saturated rings. The zero-order valence-electron chi connectivity index (χ0n) is 12.4. The standard InChI is InChI=1S/C13H19N3O5S/c1-3-5-11(13(18)19)15-12(17)9-16(2)22(20,21)10-6-4-7-14-8-10/h4,6-8,11H,3,5,9H2,1-2H3,(H,15,17)(H,18,19). The summed E-state index contributed by atoms with van der Waals surface area (Å²) >= 11 is 0. The number of sulfonamides is 1. The van der Waals surface area contributed by atoms with Gasteiger partial charge in [-0.3, -0.25) is 9.78 Å². The van der Waals surface area contributed by atoms with E-state index >= 15 is 0 Å². The third-order valence-corrected chi connectivity index (χ3v) is 4.71. The predicted octanol–water partition coefficient (Wildman–Crippen LogP) is 0.0716. The van der Waals surface area contributed by atoms with Crippen molar-refractivity contribution in [3.8, 4) is 0 Å². The lowest BCUT2D eigenvalue weighted by molar-refractivity contribution is -0.142. The number of carboxylic acids is 1. The number of aromatic nitrogens is 1. The fourth-order valence-corrected chi connectivity index (χ4v) is 2.84. The molecular formula is C13H19N3O5S. The minimum Gasteiger partial charge on any atom is -0.480 e. The first kappa shape index (κ1) is 18.1. The first-order valence-corrected chi connectivity index (χ1v) is 8.11. The molecule has 8 nitrogen and oxygen atoms in total. The van der Waals surface area contributed by atoms with Gasteiger partial charge >= 0.3 is 5.97 Å². The fraction of sp³-hybridized carbons (Fsp3) is 0.462. The van der Waals surface area contributed by atoms with Crippen LogP contribution in [-0.2, 0) is 19.6 Å². The van der Waals surface area contributed by atoms with Crippen molar-refractivity contribution in [2.24, 2.45) is 0 Å². The van der Waals surface area contributed by atoms with Crippen LogP contribution in [0.25, 0.3) is 0 Å². The van der Waals surface area contributed by atoms with E-state index in [0.717, 1.165) is 4.31 Å². The number of carboxylic acid groups (broad SMARTS) is 1. The van der Waals surface area contributed by atoms with Crippen LogP contribution in [0.3, 0.4) is 0 Å². The number of carbonyl (C=O) groups excluding carboxylic acids is 1. The van der Waals surface area contributed by atoms with Gasteiger partial charge in [0.25, 0.3) is 0 Å². The molecule has 0 saturated heterocycles. The van der Waals surface area contributed by atoms with Crippen LogP contribution in [0.2, 0.25) is 0 Å². The highest BCUT2D eigenvalue weighted by Crippen LogP contribution is 2.11. The van der Waals surface area contributed by atoms with Gasteiger partial charge in [0.15, 0.2) is 0 Å². The van der Waals surface area contributed by atoms with Crippen LogP contribution in [0.15, 0.2) is 29.4 Å². The second-order valence-electron chi connectivity index (χ2n) is 4.70. The summed E-state index contributed by atoms with van der Waals surface area (Å²) in [5, 5.41) is 11.3. The smallest absolute Gasteiger partial charge is 0.326 e. The van der Waals surface area contributed by atoms with Gasteiger partial charge < -0.3 is 10.4 Å².